The second-order valence-corrected chi connectivity index (χ2v) is 7.74. The summed E-state index contributed by atoms with van der Waals surface area (Å²) in [6.45, 7) is 3.77. The quantitative estimate of drug-likeness (QED) is 0.799. The average molecular weight is 306 g/mol. The number of benzene rings is 1. The third-order valence-corrected chi connectivity index (χ3v) is 5.17. The molecule has 1 aromatic carbocycles. The van der Waals surface area contributed by atoms with Crippen LogP contribution in [0.1, 0.15) is 19.4 Å². The molecule has 0 saturated heterocycles. The highest BCUT2D eigenvalue weighted by molar-refractivity contribution is 7.88. The molecule has 2 aliphatic rings. The van der Waals surface area contributed by atoms with Crippen LogP contribution in [-0.4, -0.2) is 37.3 Å². The Bertz CT molecular complexity index is 754. The van der Waals surface area contributed by atoms with Crippen LogP contribution in [0.4, 0.5) is 5.69 Å². The largest absolute Gasteiger partial charge is 0.344 e. The van der Waals surface area contributed by atoms with Gasteiger partial charge in [-0.15, -0.1) is 4.41 Å². The van der Waals surface area contributed by atoms with Crippen molar-refractivity contribution in [2.75, 3.05) is 18.2 Å². The third kappa shape index (κ3) is 1.73. The van der Waals surface area contributed by atoms with E-state index in [9.17, 15) is 8.42 Å². The minimum atomic E-state index is -3.54. The molecule has 2 aliphatic heterocycles. The van der Waals surface area contributed by atoms with Crippen molar-refractivity contribution >= 4 is 21.8 Å². The molecule has 0 fully saturated rings. The molecule has 0 unspecified atom stereocenters. The predicted molar refractivity (Wildman–Crippen MR) is 82.2 cm³/mol. The Hall–Kier alpha value is -1.89. The van der Waals surface area contributed by atoms with E-state index in [-0.39, 0.29) is 0 Å². The minimum absolute atomic E-state index is 0.700. The van der Waals surface area contributed by atoms with E-state index in [4.69, 9.17) is 0 Å². The van der Waals surface area contributed by atoms with Crippen LogP contribution in [0, 0.1) is 0 Å². The number of nitrogens with zero attached hydrogens (tertiary/aromatic N) is 4. The van der Waals surface area contributed by atoms with Crippen molar-refractivity contribution in [3.63, 3.8) is 0 Å². The summed E-state index contributed by atoms with van der Waals surface area (Å²) in [5, 5.41) is 8.13. The van der Waals surface area contributed by atoms with Gasteiger partial charge >= 0.3 is 0 Å². The zero-order valence-corrected chi connectivity index (χ0v) is 13.3. The molecule has 1 atom stereocenters. The summed E-state index contributed by atoms with van der Waals surface area (Å²) < 4.78 is 25.4. The monoisotopic (exact) mass is 306 g/mol. The number of likely N-dealkylation sites (N-methyl/N-ethyl adjacent to an activating group) is 1. The Morgan fingerprint density at radius 3 is 2.52 bits per heavy atom. The SMILES string of the molecule is CN1c2ccccc2C=C[C@]12N(S(C)(=O)=O)N=NC2(C)C. The lowest BCUT2D eigenvalue weighted by Gasteiger charge is -2.49. The maximum atomic E-state index is 12.2. The van der Waals surface area contributed by atoms with Crippen LogP contribution in [0.2, 0.25) is 0 Å². The van der Waals surface area contributed by atoms with Crippen LogP contribution in [0.25, 0.3) is 6.08 Å². The smallest absolute Gasteiger partial charge is 0.250 e. The topological polar surface area (TPSA) is 65.3 Å². The van der Waals surface area contributed by atoms with Gasteiger partial charge in [-0.3, -0.25) is 0 Å². The molecule has 0 bridgehead atoms. The van der Waals surface area contributed by atoms with Gasteiger partial charge in [-0.2, -0.15) is 5.11 Å². The number of rotatable bonds is 1. The molecule has 1 aromatic rings. The van der Waals surface area contributed by atoms with Gasteiger partial charge in [0.05, 0.1) is 6.26 Å². The van der Waals surface area contributed by atoms with Gasteiger partial charge in [0, 0.05) is 12.7 Å². The third-order valence-electron chi connectivity index (χ3n) is 4.19. The highest BCUT2D eigenvalue weighted by Crippen LogP contribution is 2.48. The van der Waals surface area contributed by atoms with E-state index in [0.717, 1.165) is 21.9 Å². The minimum Gasteiger partial charge on any atom is -0.344 e. The highest BCUT2D eigenvalue weighted by Gasteiger charge is 2.60. The molecule has 0 radical (unpaired) electrons. The first-order chi connectivity index (χ1) is 9.70. The van der Waals surface area contributed by atoms with Crippen LogP contribution in [-0.2, 0) is 10.0 Å². The molecule has 1 spiro atoms. The molecule has 6 nitrogen and oxygen atoms in total. The molecule has 112 valence electrons. The van der Waals surface area contributed by atoms with Gasteiger partial charge in [0.2, 0.25) is 0 Å². The van der Waals surface area contributed by atoms with E-state index < -0.39 is 21.2 Å². The summed E-state index contributed by atoms with van der Waals surface area (Å²) in [5.41, 5.74) is 0.333. The molecule has 7 heteroatoms. The van der Waals surface area contributed by atoms with Gasteiger partial charge in [0.15, 0.2) is 5.66 Å². The molecule has 0 aromatic heterocycles. The van der Waals surface area contributed by atoms with Crippen LogP contribution in [0.5, 0.6) is 0 Å². The Kier molecular flexibility index (Phi) is 2.72. The van der Waals surface area contributed by atoms with Crippen molar-refractivity contribution in [1.29, 1.82) is 0 Å². The summed E-state index contributed by atoms with van der Waals surface area (Å²) in [5.74, 6) is 0. The van der Waals surface area contributed by atoms with Crippen molar-refractivity contribution < 1.29 is 8.42 Å². The first-order valence-corrected chi connectivity index (χ1v) is 8.50. The summed E-state index contributed by atoms with van der Waals surface area (Å²) >= 11 is 0. The Morgan fingerprint density at radius 2 is 1.86 bits per heavy atom. The lowest BCUT2D eigenvalue weighted by Crippen LogP contribution is -2.66. The van der Waals surface area contributed by atoms with Gasteiger partial charge in [0.25, 0.3) is 10.0 Å². The molecule has 21 heavy (non-hydrogen) atoms. The Morgan fingerprint density at radius 1 is 1.19 bits per heavy atom. The molecule has 0 saturated carbocycles. The molecule has 0 amide bonds. The fourth-order valence-corrected chi connectivity index (χ4v) is 4.17. The number of para-hydroxylation sites is 1. The molecule has 0 N–H and O–H groups in total. The van der Waals surface area contributed by atoms with Crippen molar-refractivity contribution in [2.45, 2.75) is 25.0 Å². The normalized spacial score (nSPS) is 26.5. The van der Waals surface area contributed by atoms with E-state index in [1.807, 2.05) is 62.2 Å². The summed E-state index contributed by atoms with van der Waals surface area (Å²) in [7, 11) is -1.66. The number of hydrogen-bond donors (Lipinski definition) is 0. The van der Waals surface area contributed by atoms with Gasteiger partial charge in [-0.1, -0.05) is 29.5 Å². The van der Waals surface area contributed by atoms with E-state index in [1.54, 1.807) is 0 Å². The van der Waals surface area contributed by atoms with Gasteiger partial charge < -0.3 is 4.90 Å². The number of anilines is 1. The maximum Gasteiger partial charge on any atom is 0.250 e. The van der Waals surface area contributed by atoms with Crippen molar-refractivity contribution in [3.8, 4) is 0 Å². The molecular weight excluding hydrogens is 288 g/mol. The first-order valence-electron chi connectivity index (χ1n) is 6.65. The van der Waals surface area contributed by atoms with Gasteiger partial charge in [-0.25, -0.2) is 8.42 Å². The molecular formula is C14H18N4O2S. The first kappa shape index (κ1) is 14.1. The van der Waals surface area contributed by atoms with Gasteiger partial charge in [0.1, 0.15) is 5.54 Å². The lowest BCUT2D eigenvalue weighted by molar-refractivity contribution is 0.208. The standard InChI is InChI=1S/C14H18N4O2S/c1-13(2)14(18(16-15-13)21(4,19)20)10-9-11-7-5-6-8-12(11)17(14)3/h5-10H,1-4H3/t14-/m1/s1. The fourth-order valence-electron chi connectivity index (χ4n) is 3.09. The second kappa shape index (κ2) is 4.07. The average Bonchev–Trinajstić information content (AvgIpc) is 2.67. The van der Waals surface area contributed by atoms with Crippen LogP contribution < -0.4 is 4.90 Å². The highest BCUT2D eigenvalue weighted by atomic mass is 32.2. The van der Waals surface area contributed by atoms with Crippen LogP contribution in [0.15, 0.2) is 40.7 Å². The van der Waals surface area contributed by atoms with E-state index in [0.29, 0.717) is 0 Å². The van der Waals surface area contributed by atoms with Crippen LogP contribution >= 0.6 is 0 Å². The van der Waals surface area contributed by atoms with Crippen molar-refractivity contribution in [2.24, 2.45) is 10.3 Å². The van der Waals surface area contributed by atoms with E-state index >= 15 is 0 Å². The fraction of sp³-hybridized carbons (Fsp3) is 0.429. The predicted octanol–water partition coefficient (Wildman–Crippen LogP) is 2.27. The maximum absolute atomic E-state index is 12.2. The Balaban J connectivity index is 2.25. The van der Waals surface area contributed by atoms with E-state index in [1.165, 1.54) is 0 Å². The zero-order valence-electron chi connectivity index (χ0n) is 12.5. The van der Waals surface area contributed by atoms with E-state index in [2.05, 4.69) is 10.3 Å². The summed E-state index contributed by atoms with van der Waals surface area (Å²) in [6.07, 6.45) is 4.96. The second-order valence-electron chi connectivity index (χ2n) is 5.93. The lowest BCUT2D eigenvalue weighted by atomic mass is 9.84. The summed E-state index contributed by atoms with van der Waals surface area (Å²) in [4.78, 5) is 1.93. The van der Waals surface area contributed by atoms with Crippen LogP contribution in [0.3, 0.4) is 0 Å². The molecule has 2 heterocycles. The van der Waals surface area contributed by atoms with Crippen molar-refractivity contribution in [1.82, 2.24) is 4.41 Å². The number of sulfonamides is 1. The number of fused-ring (bicyclic) bond motifs is 1. The molecule has 3 rings (SSSR count). The summed E-state index contributed by atoms with van der Waals surface area (Å²) in [6, 6.07) is 7.85. The van der Waals surface area contributed by atoms with Crippen molar-refractivity contribution in [3.05, 3.63) is 35.9 Å². The Labute approximate surface area is 124 Å². The molecule has 0 aliphatic carbocycles. The zero-order chi connectivity index (χ0) is 15.5. The number of hydrogen-bond acceptors (Lipinski definition) is 5. The van der Waals surface area contributed by atoms with Gasteiger partial charge in [-0.05, 0) is 31.6 Å².